The van der Waals surface area contributed by atoms with E-state index in [2.05, 4.69) is 9.71 Å². The normalized spacial score (nSPS) is 11.3. The van der Waals surface area contributed by atoms with Gasteiger partial charge in [-0.1, -0.05) is 19.1 Å². The molecule has 0 amide bonds. The molecule has 4 nitrogen and oxygen atoms in total. The highest BCUT2D eigenvalue weighted by Gasteiger charge is 2.20. The first-order valence-corrected chi connectivity index (χ1v) is 7.23. The molecule has 0 radical (unpaired) electrons. The van der Waals surface area contributed by atoms with Gasteiger partial charge in [-0.15, -0.1) is 0 Å². The summed E-state index contributed by atoms with van der Waals surface area (Å²) in [6.07, 6.45) is 2.02. The molecule has 0 aliphatic carbocycles. The van der Waals surface area contributed by atoms with Crippen LogP contribution in [0.15, 0.2) is 47.6 Å². The van der Waals surface area contributed by atoms with E-state index in [4.69, 9.17) is 0 Å². The summed E-state index contributed by atoms with van der Waals surface area (Å²) >= 11 is 0. The second-order valence-corrected chi connectivity index (χ2v) is 5.55. The second kappa shape index (κ2) is 5.36. The van der Waals surface area contributed by atoms with Crippen LogP contribution in [0.3, 0.4) is 0 Å². The fraction of sp³-hybridized carbons (Fsp3) is 0.154. The maximum absolute atomic E-state index is 13.5. The van der Waals surface area contributed by atoms with Crippen LogP contribution in [0.5, 0.6) is 0 Å². The lowest BCUT2D eigenvalue weighted by Gasteiger charge is -2.08. The molecule has 1 aromatic carbocycles. The zero-order chi connectivity index (χ0) is 13.9. The first-order valence-electron chi connectivity index (χ1n) is 5.75. The molecule has 0 aliphatic heterocycles. The number of aryl methyl sites for hydroxylation is 1. The Hall–Kier alpha value is -1.95. The van der Waals surface area contributed by atoms with E-state index in [-0.39, 0.29) is 0 Å². The van der Waals surface area contributed by atoms with Gasteiger partial charge in [-0.3, -0.25) is 4.72 Å². The molecule has 0 unspecified atom stereocenters. The van der Waals surface area contributed by atoms with Crippen LogP contribution < -0.4 is 4.72 Å². The molecule has 0 fully saturated rings. The van der Waals surface area contributed by atoms with Crippen molar-refractivity contribution in [2.75, 3.05) is 4.72 Å². The van der Waals surface area contributed by atoms with Crippen LogP contribution in [0.1, 0.15) is 12.5 Å². The Kier molecular flexibility index (Phi) is 3.80. The smallest absolute Gasteiger partial charge is 0.278 e. The van der Waals surface area contributed by atoms with Gasteiger partial charge in [0.2, 0.25) is 5.03 Å². The lowest BCUT2D eigenvalue weighted by atomic mass is 10.1. The molecule has 0 saturated heterocycles. The molecular weight excluding hydrogens is 267 g/mol. The van der Waals surface area contributed by atoms with Gasteiger partial charge in [0.15, 0.2) is 5.82 Å². The molecular formula is C13H13FN2O2S. The van der Waals surface area contributed by atoms with Crippen LogP contribution in [0.2, 0.25) is 0 Å². The van der Waals surface area contributed by atoms with Gasteiger partial charge in [-0.25, -0.2) is 9.37 Å². The summed E-state index contributed by atoms with van der Waals surface area (Å²) in [7, 11) is -4.01. The van der Waals surface area contributed by atoms with E-state index >= 15 is 0 Å². The zero-order valence-corrected chi connectivity index (χ0v) is 11.1. The van der Waals surface area contributed by atoms with E-state index in [9.17, 15) is 12.8 Å². The minimum absolute atomic E-state index is 0.393. The van der Waals surface area contributed by atoms with Crippen molar-refractivity contribution >= 4 is 15.7 Å². The van der Waals surface area contributed by atoms with Gasteiger partial charge in [-0.2, -0.15) is 8.42 Å². The number of pyridine rings is 1. The molecule has 0 saturated carbocycles. The Morgan fingerprint density at radius 2 is 2.05 bits per heavy atom. The molecule has 1 heterocycles. The summed E-state index contributed by atoms with van der Waals surface area (Å²) in [4.78, 5) is 3.56. The van der Waals surface area contributed by atoms with Gasteiger partial charge in [0, 0.05) is 11.9 Å². The van der Waals surface area contributed by atoms with Crippen LogP contribution >= 0.6 is 0 Å². The largest absolute Gasteiger partial charge is 0.282 e. The predicted molar refractivity (Wildman–Crippen MR) is 70.8 cm³/mol. The Morgan fingerprint density at radius 1 is 1.26 bits per heavy atom. The lowest BCUT2D eigenvalue weighted by molar-refractivity contribution is 0.557. The number of aromatic nitrogens is 1. The molecule has 0 spiro atoms. The Morgan fingerprint density at radius 3 is 2.74 bits per heavy atom. The maximum Gasteiger partial charge on any atom is 0.282 e. The van der Waals surface area contributed by atoms with Crippen LogP contribution in [0, 0.1) is 5.82 Å². The number of benzene rings is 1. The Bertz CT molecular complexity index is 687. The van der Waals surface area contributed by atoms with Crippen LogP contribution in [0.25, 0.3) is 0 Å². The highest BCUT2D eigenvalue weighted by molar-refractivity contribution is 7.92. The van der Waals surface area contributed by atoms with Crippen molar-refractivity contribution < 1.29 is 12.8 Å². The van der Waals surface area contributed by atoms with Crippen molar-refractivity contribution in [3.8, 4) is 0 Å². The van der Waals surface area contributed by atoms with Gasteiger partial charge in [0.1, 0.15) is 0 Å². The van der Waals surface area contributed by atoms with Crippen molar-refractivity contribution in [3.63, 3.8) is 0 Å². The van der Waals surface area contributed by atoms with Crippen molar-refractivity contribution in [1.29, 1.82) is 0 Å². The Labute approximate surface area is 111 Å². The highest BCUT2D eigenvalue weighted by atomic mass is 32.2. The fourth-order valence-electron chi connectivity index (χ4n) is 1.63. The quantitative estimate of drug-likeness (QED) is 0.936. The molecule has 6 heteroatoms. The third-order valence-corrected chi connectivity index (χ3v) is 3.88. The summed E-state index contributed by atoms with van der Waals surface area (Å²) in [5.41, 5.74) is 1.38. The first-order chi connectivity index (χ1) is 9.03. The summed E-state index contributed by atoms with van der Waals surface area (Å²) in [6, 6.07) is 9.34. The molecule has 2 aromatic rings. The third-order valence-electron chi connectivity index (χ3n) is 2.57. The minimum Gasteiger partial charge on any atom is -0.278 e. The maximum atomic E-state index is 13.5. The van der Waals surface area contributed by atoms with Gasteiger partial charge in [-0.05, 0) is 36.2 Å². The fourth-order valence-corrected chi connectivity index (χ4v) is 2.69. The zero-order valence-electron chi connectivity index (χ0n) is 10.3. The van der Waals surface area contributed by atoms with E-state index in [1.165, 1.54) is 12.3 Å². The topological polar surface area (TPSA) is 59.1 Å². The second-order valence-electron chi connectivity index (χ2n) is 3.95. The predicted octanol–water partition coefficient (Wildman–Crippen LogP) is 2.58. The number of halogens is 1. The molecule has 1 aromatic heterocycles. The first kappa shape index (κ1) is 13.5. The van der Waals surface area contributed by atoms with Crippen molar-refractivity contribution in [2.45, 2.75) is 18.4 Å². The molecule has 1 N–H and O–H groups in total. The summed E-state index contributed by atoms with van der Waals surface area (Å²) < 4.78 is 39.8. The van der Waals surface area contributed by atoms with E-state index in [0.29, 0.717) is 5.69 Å². The van der Waals surface area contributed by atoms with E-state index in [1.807, 2.05) is 13.0 Å². The average molecular weight is 280 g/mol. The average Bonchev–Trinajstić information content (AvgIpc) is 2.38. The summed E-state index contributed by atoms with van der Waals surface area (Å²) in [5.74, 6) is -0.873. The van der Waals surface area contributed by atoms with Gasteiger partial charge >= 0.3 is 0 Å². The van der Waals surface area contributed by atoms with E-state index in [0.717, 1.165) is 18.1 Å². The minimum atomic E-state index is -4.01. The third kappa shape index (κ3) is 3.08. The molecule has 100 valence electrons. The van der Waals surface area contributed by atoms with Gasteiger partial charge in [0.25, 0.3) is 10.0 Å². The van der Waals surface area contributed by atoms with Crippen molar-refractivity contribution in [1.82, 2.24) is 4.98 Å². The Balaban J connectivity index is 2.34. The highest BCUT2D eigenvalue weighted by Crippen LogP contribution is 2.17. The van der Waals surface area contributed by atoms with Crippen LogP contribution in [-0.2, 0) is 16.4 Å². The number of sulfonamides is 1. The molecule has 0 aliphatic rings. The van der Waals surface area contributed by atoms with Crippen LogP contribution in [0.4, 0.5) is 10.1 Å². The molecule has 19 heavy (non-hydrogen) atoms. The standard InChI is InChI=1S/C13H13FN2O2S/c1-2-10-5-3-6-11(9-10)16-19(17,18)13-12(14)7-4-8-15-13/h3-9,16H,2H2,1H3. The SMILES string of the molecule is CCc1cccc(NS(=O)(=O)c2ncccc2F)c1. The number of nitrogens with zero attached hydrogens (tertiary/aromatic N) is 1. The van der Waals surface area contributed by atoms with Crippen LogP contribution in [-0.4, -0.2) is 13.4 Å². The number of hydrogen-bond acceptors (Lipinski definition) is 3. The van der Waals surface area contributed by atoms with E-state index < -0.39 is 20.9 Å². The number of anilines is 1. The van der Waals surface area contributed by atoms with Crippen molar-refractivity contribution in [3.05, 3.63) is 54.0 Å². The van der Waals surface area contributed by atoms with Gasteiger partial charge < -0.3 is 0 Å². The molecule has 0 bridgehead atoms. The number of hydrogen-bond donors (Lipinski definition) is 1. The number of nitrogens with one attached hydrogen (secondary N) is 1. The van der Waals surface area contributed by atoms with E-state index in [1.54, 1.807) is 18.2 Å². The molecule has 2 rings (SSSR count). The van der Waals surface area contributed by atoms with Crippen molar-refractivity contribution in [2.24, 2.45) is 0 Å². The molecule has 0 atom stereocenters. The summed E-state index contributed by atoms with van der Waals surface area (Å²) in [5, 5.41) is -0.600. The monoisotopic (exact) mass is 280 g/mol. The summed E-state index contributed by atoms with van der Waals surface area (Å²) in [6.45, 7) is 1.96. The number of rotatable bonds is 4. The van der Waals surface area contributed by atoms with Gasteiger partial charge in [0.05, 0.1) is 0 Å². The lowest BCUT2D eigenvalue weighted by Crippen LogP contribution is -2.16.